The lowest BCUT2D eigenvalue weighted by atomic mass is 9.89. The maximum absolute atomic E-state index is 13.0. The first kappa shape index (κ1) is 19.1. The molecular formula is C23H28O2. The molecule has 2 nitrogen and oxygen atoms in total. The summed E-state index contributed by atoms with van der Waals surface area (Å²) < 4.78 is 6.11. The smallest absolute Gasteiger partial charge is 0.192 e. The van der Waals surface area contributed by atoms with Gasteiger partial charge < -0.3 is 4.74 Å². The van der Waals surface area contributed by atoms with Crippen LogP contribution >= 0.6 is 0 Å². The number of rotatable bonds is 10. The number of ketones is 1. The molecule has 0 aromatic heterocycles. The van der Waals surface area contributed by atoms with E-state index in [1.807, 2.05) is 66.7 Å². The molecule has 0 fully saturated rings. The van der Waals surface area contributed by atoms with E-state index in [1.54, 1.807) is 0 Å². The van der Waals surface area contributed by atoms with Gasteiger partial charge in [-0.05, 0) is 17.9 Å². The molecule has 2 aromatic carbocycles. The number of hydrogen-bond donors (Lipinski definition) is 0. The van der Waals surface area contributed by atoms with Crippen molar-refractivity contribution in [2.24, 2.45) is 11.8 Å². The molecule has 132 valence electrons. The normalized spacial score (nSPS) is 13.4. The van der Waals surface area contributed by atoms with Crippen LogP contribution < -0.4 is 0 Å². The zero-order valence-electron chi connectivity index (χ0n) is 15.2. The highest BCUT2D eigenvalue weighted by molar-refractivity contribution is 5.99. The largest absolute Gasteiger partial charge is 0.365 e. The van der Waals surface area contributed by atoms with Crippen molar-refractivity contribution in [1.82, 2.24) is 0 Å². The van der Waals surface area contributed by atoms with E-state index in [-0.39, 0.29) is 11.7 Å². The van der Waals surface area contributed by atoms with Crippen molar-refractivity contribution in [2.75, 3.05) is 0 Å². The standard InChI is InChI=1S/C23H28O2/c1-4-20(16-15-18(2)3)23(22(24)21-13-9-6-10-14-21)25-17-19-11-7-5-8-12-19/h4-14,18,20,23H,1,15-17H2,2-3H3/t20-,23+/m1/s1. The minimum Gasteiger partial charge on any atom is -0.365 e. The van der Waals surface area contributed by atoms with E-state index >= 15 is 0 Å². The van der Waals surface area contributed by atoms with Crippen LogP contribution in [0.5, 0.6) is 0 Å². The molecule has 0 aliphatic rings. The van der Waals surface area contributed by atoms with E-state index in [0.29, 0.717) is 18.1 Å². The molecule has 0 amide bonds. The van der Waals surface area contributed by atoms with E-state index < -0.39 is 6.10 Å². The fourth-order valence-corrected chi connectivity index (χ4v) is 2.84. The Bertz CT molecular complexity index is 646. The average molecular weight is 336 g/mol. The summed E-state index contributed by atoms with van der Waals surface area (Å²) in [6.07, 6.45) is 3.32. The number of carbonyl (C=O) groups excluding carboxylic acids is 1. The average Bonchev–Trinajstić information content (AvgIpc) is 2.65. The number of ether oxygens (including phenoxy) is 1. The van der Waals surface area contributed by atoms with Crippen LogP contribution in [0.1, 0.15) is 42.6 Å². The van der Waals surface area contributed by atoms with Gasteiger partial charge in [0.1, 0.15) is 6.10 Å². The van der Waals surface area contributed by atoms with Gasteiger partial charge in [-0.2, -0.15) is 0 Å². The van der Waals surface area contributed by atoms with Gasteiger partial charge in [0.05, 0.1) is 6.61 Å². The van der Waals surface area contributed by atoms with Gasteiger partial charge in [0.25, 0.3) is 0 Å². The van der Waals surface area contributed by atoms with Gasteiger partial charge in [0, 0.05) is 11.5 Å². The third kappa shape index (κ3) is 5.99. The van der Waals surface area contributed by atoms with Gasteiger partial charge in [-0.3, -0.25) is 4.79 Å². The molecule has 0 unspecified atom stereocenters. The summed E-state index contributed by atoms with van der Waals surface area (Å²) in [4.78, 5) is 13.0. The first-order valence-electron chi connectivity index (χ1n) is 8.99. The Labute approximate surface area is 151 Å². The molecule has 2 atom stereocenters. The highest BCUT2D eigenvalue weighted by Crippen LogP contribution is 2.23. The molecule has 2 heteroatoms. The Morgan fingerprint density at radius 1 is 1.00 bits per heavy atom. The van der Waals surface area contributed by atoms with Crippen LogP contribution in [0, 0.1) is 11.8 Å². The highest BCUT2D eigenvalue weighted by Gasteiger charge is 2.28. The van der Waals surface area contributed by atoms with E-state index in [4.69, 9.17) is 4.74 Å². The second kappa shape index (κ2) is 9.95. The summed E-state index contributed by atoms with van der Waals surface area (Å²) in [5.41, 5.74) is 1.76. The predicted molar refractivity (Wildman–Crippen MR) is 104 cm³/mol. The number of carbonyl (C=O) groups is 1. The van der Waals surface area contributed by atoms with Gasteiger partial charge in [0.2, 0.25) is 0 Å². The van der Waals surface area contributed by atoms with Crippen molar-refractivity contribution in [3.8, 4) is 0 Å². The van der Waals surface area contributed by atoms with E-state index in [1.165, 1.54) is 0 Å². The predicted octanol–water partition coefficient (Wildman–Crippen LogP) is 5.69. The topological polar surface area (TPSA) is 26.3 Å². The minimum atomic E-state index is -0.501. The number of Topliss-reactive ketones (excluding diaryl/α,β-unsaturated/α-hetero) is 1. The minimum absolute atomic E-state index is 0.0128. The first-order valence-corrected chi connectivity index (χ1v) is 8.99. The number of benzene rings is 2. The molecule has 0 aliphatic carbocycles. The summed E-state index contributed by atoms with van der Waals surface area (Å²) in [7, 11) is 0. The van der Waals surface area contributed by atoms with Crippen molar-refractivity contribution in [3.63, 3.8) is 0 Å². The molecule has 0 heterocycles. The molecule has 0 bridgehead atoms. The summed E-state index contributed by atoms with van der Waals surface area (Å²) in [6, 6.07) is 19.4. The van der Waals surface area contributed by atoms with Crippen LogP contribution in [0.2, 0.25) is 0 Å². The zero-order chi connectivity index (χ0) is 18.1. The summed E-state index contributed by atoms with van der Waals surface area (Å²) in [6.45, 7) is 8.77. The van der Waals surface area contributed by atoms with Gasteiger partial charge in [-0.1, -0.05) is 87.0 Å². The molecule has 25 heavy (non-hydrogen) atoms. The van der Waals surface area contributed by atoms with Crippen LogP contribution in [0.25, 0.3) is 0 Å². The Morgan fingerprint density at radius 2 is 1.60 bits per heavy atom. The van der Waals surface area contributed by atoms with Crippen LogP contribution in [-0.2, 0) is 11.3 Å². The van der Waals surface area contributed by atoms with Crippen molar-refractivity contribution < 1.29 is 9.53 Å². The quantitative estimate of drug-likeness (QED) is 0.411. The lowest BCUT2D eigenvalue weighted by Crippen LogP contribution is -2.32. The lowest BCUT2D eigenvalue weighted by Gasteiger charge is -2.25. The molecule has 0 radical (unpaired) electrons. The fourth-order valence-electron chi connectivity index (χ4n) is 2.84. The maximum Gasteiger partial charge on any atom is 0.192 e. The third-order valence-electron chi connectivity index (χ3n) is 4.36. The van der Waals surface area contributed by atoms with E-state index in [0.717, 1.165) is 18.4 Å². The molecule has 0 spiro atoms. The van der Waals surface area contributed by atoms with Crippen molar-refractivity contribution in [2.45, 2.75) is 39.4 Å². The van der Waals surface area contributed by atoms with E-state index in [9.17, 15) is 4.79 Å². The molecule has 0 N–H and O–H groups in total. The Morgan fingerprint density at radius 3 is 2.16 bits per heavy atom. The zero-order valence-corrected chi connectivity index (χ0v) is 15.2. The number of hydrogen-bond acceptors (Lipinski definition) is 2. The Balaban J connectivity index is 2.17. The van der Waals surface area contributed by atoms with E-state index in [2.05, 4.69) is 20.4 Å². The molecular weight excluding hydrogens is 308 g/mol. The Hall–Kier alpha value is -2.19. The van der Waals surface area contributed by atoms with Crippen LogP contribution in [0.3, 0.4) is 0 Å². The van der Waals surface area contributed by atoms with Crippen molar-refractivity contribution >= 4 is 5.78 Å². The van der Waals surface area contributed by atoms with Crippen molar-refractivity contribution in [3.05, 3.63) is 84.4 Å². The second-order valence-electron chi connectivity index (χ2n) is 6.82. The van der Waals surface area contributed by atoms with Crippen LogP contribution in [0.15, 0.2) is 73.3 Å². The maximum atomic E-state index is 13.0. The molecule has 2 aromatic rings. The summed E-state index contributed by atoms with van der Waals surface area (Å²) in [5, 5.41) is 0. The van der Waals surface area contributed by atoms with Gasteiger partial charge in [-0.25, -0.2) is 0 Å². The summed E-state index contributed by atoms with van der Waals surface area (Å²) in [5.74, 6) is 0.632. The third-order valence-corrected chi connectivity index (χ3v) is 4.36. The first-order chi connectivity index (χ1) is 12.1. The molecule has 2 rings (SSSR count). The molecule has 0 aliphatic heterocycles. The SMILES string of the molecule is C=C[C@H](CCC(C)C)[C@H](OCc1ccccc1)C(=O)c1ccccc1. The second-order valence-corrected chi connectivity index (χ2v) is 6.82. The highest BCUT2D eigenvalue weighted by atomic mass is 16.5. The Kier molecular flexibility index (Phi) is 7.62. The van der Waals surface area contributed by atoms with Gasteiger partial charge in [-0.15, -0.1) is 6.58 Å². The van der Waals surface area contributed by atoms with Gasteiger partial charge >= 0.3 is 0 Å². The molecule has 0 saturated carbocycles. The van der Waals surface area contributed by atoms with Crippen molar-refractivity contribution in [1.29, 1.82) is 0 Å². The molecule has 0 saturated heterocycles. The van der Waals surface area contributed by atoms with Gasteiger partial charge in [0.15, 0.2) is 5.78 Å². The van der Waals surface area contributed by atoms with Crippen LogP contribution in [0.4, 0.5) is 0 Å². The monoisotopic (exact) mass is 336 g/mol. The fraction of sp³-hybridized carbons (Fsp3) is 0.348. The van der Waals surface area contributed by atoms with Crippen LogP contribution in [-0.4, -0.2) is 11.9 Å². The lowest BCUT2D eigenvalue weighted by molar-refractivity contribution is 0.0146. The summed E-state index contributed by atoms with van der Waals surface area (Å²) >= 11 is 0.